The monoisotopic (exact) mass is 323 g/mol. The second-order valence-electron chi connectivity index (χ2n) is 6.26. The predicted octanol–water partition coefficient (Wildman–Crippen LogP) is 3.34. The quantitative estimate of drug-likeness (QED) is 0.725. The van der Waals surface area contributed by atoms with Gasteiger partial charge in [0, 0.05) is 31.6 Å². The zero-order chi connectivity index (χ0) is 16.7. The van der Waals surface area contributed by atoms with Gasteiger partial charge in [0.25, 0.3) is 5.91 Å². The second kappa shape index (κ2) is 5.74. The van der Waals surface area contributed by atoms with Crippen LogP contribution in [-0.4, -0.2) is 33.4 Å². The Balaban J connectivity index is 1.56. The molecule has 1 fully saturated rings. The number of hydrogen-bond donors (Lipinski definition) is 0. The van der Waals surface area contributed by atoms with Crippen LogP contribution < -0.4 is 0 Å². The van der Waals surface area contributed by atoms with Crippen LogP contribution in [0, 0.1) is 5.82 Å². The molecule has 0 saturated carbocycles. The topological polar surface area (TPSA) is 38.1 Å². The number of benzene rings is 2. The molecule has 24 heavy (non-hydrogen) atoms. The zero-order valence-electron chi connectivity index (χ0n) is 13.4. The van der Waals surface area contributed by atoms with E-state index in [9.17, 15) is 9.18 Å². The summed E-state index contributed by atoms with van der Waals surface area (Å²) in [4.78, 5) is 19.1. The van der Waals surface area contributed by atoms with Crippen LogP contribution in [-0.2, 0) is 7.05 Å². The Kier molecular flexibility index (Phi) is 3.56. The number of hydrogen-bond acceptors (Lipinski definition) is 2. The molecule has 122 valence electrons. The summed E-state index contributed by atoms with van der Waals surface area (Å²) < 4.78 is 15.1. The molecule has 0 bridgehead atoms. The third kappa shape index (κ3) is 2.46. The van der Waals surface area contributed by atoms with Crippen LogP contribution in [0.15, 0.2) is 48.5 Å². The Bertz CT molecular complexity index is 901. The first-order chi connectivity index (χ1) is 11.6. The standard InChI is InChI=1S/C19H18FN3O/c1-22-17-5-3-2-4-16(17)21-18(22)14-10-11-23(12-14)19(24)13-6-8-15(20)9-7-13/h2-9,14H,10-12H2,1H3/t14-/m0/s1. The van der Waals surface area contributed by atoms with Crippen molar-refractivity contribution >= 4 is 16.9 Å². The highest BCUT2D eigenvalue weighted by atomic mass is 19.1. The van der Waals surface area contributed by atoms with Crippen molar-refractivity contribution in [2.24, 2.45) is 7.05 Å². The smallest absolute Gasteiger partial charge is 0.253 e. The number of carbonyl (C=O) groups is 1. The van der Waals surface area contributed by atoms with Crippen LogP contribution in [0.3, 0.4) is 0 Å². The van der Waals surface area contributed by atoms with Crippen molar-refractivity contribution < 1.29 is 9.18 Å². The fourth-order valence-electron chi connectivity index (χ4n) is 3.46. The minimum absolute atomic E-state index is 0.0451. The summed E-state index contributed by atoms with van der Waals surface area (Å²) in [5, 5.41) is 0. The van der Waals surface area contributed by atoms with E-state index < -0.39 is 0 Å². The number of fused-ring (bicyclic) bond motifs is 1. The third-order valence-corrected chi connectivity index (χ3v) is 4.75. The van der Waals surface area contributed by atoms with Gasteiger partial charge in [0.2, 0.25) is 0 Å². The highest BCUT2D eigenvalue weighted by Gasteiger charge is 2.30. The molecule has 1 aliphatic rings. The SMILES string of the molecule is Cn1c([C@H]2CCN(C(=O)c3ccc(F)cc3)C2)nc2ccccc21. The summed E-state index contributed by atoms with van der Waals surface area (Å²) in [5.41, 5.74) is 2.62. The molecule has 0 aliphatic carbocycles. The van der Waals surface area contributed by atoms with Crippen molar-refractivity contribution in [3.05, 3.63) is 65.7 Å². The van der Waals surface area contributed by atoms with E-state index >= 15 is 0 Å². The minimum Gasteiger partial charge on any atom is -0.338 e. The lowest BCUT2D eigenvalue weighted by Gasteiger charge is -2.16. The van der Waals surface area contributed by atoms with Crippen molar-refractivity contribution in [2.75, 3.05) is 13.1 Å². The fourth-order valence-corrected chi connectivity index (χ4v) is 3.46. The van der Waals surface area contributed by atoms with Crippen molar-refractivity contribution in [1.82, 2.24) is 14.5 Å². The summed E-state index contributed by atoms with van der Waals surface area (Å²) in [5.74, 6) is 0.874. The molecule has 0 radical (unpaired) electrons. The summed E-state index contributed by atoms with van der Waals surface area (Å²) >= 11 is 0. The number of aryl methyl sites for hydroxylation is 1. The lowest BCUT2D eigenvalue weighted by molar-refractivity contribution is 0.0790. The second-order valence-corrected chi connectivity index (χ2v) is 6.26. The van der Waals surface area contributed by atoms with E-state index in [1.54, 1.807) is 12.1 Å². The van der Waals surface area contributed by atoms with Gasteiger partial charge in [-0.3, -0.25) is 4.79 Å². The Morgan fingerprint density at radius 1 is 1.17 bits per heavy atom. The number of carbonyl (C=O) groups excluding carboxylic acids is 1. The predicted molar refractivity (Wildman–Crippen MR) is 90.4 cm³/mol. The Hall–Kier alpha value is -2.69. The summed E-state index contributed by atoms with van der Waals surface area (Å²) in [6.45, 7) is 1.34. The average molecular weight is 323 g/mol. The molecule has 4 nitrogen and oxygen atoms in total. The first-order valence-corrected chi connectivity index (χ1v) is 8.09. The summed E-state index contributed by atoms with van der Waals surface area (Å²) in [6, 6.07) is 13.8. The lowest BCUT2D eigenvalue weighted by Crippen LogP contribution is -2.28. The molecule has 4 rings (SSSR count). The van der Waals surface area contributed by atoms with Gasteiger partial charge in [-0.1, -0.05) is 12.1 Å². The number of amides is 1. The van der Waals surface area contributed by atoms with E-state index in [-0.39, 0.29) is 17.6 Å². The molecule has 3 aromatic rings. The van der Waals surface area contributed by atoms with Gasteiger partial charge in [0.05, 0.1) is 11.0 Å². The van der Waals surface area contributed by atoms with Gasteiger partial charge in [0.1, 0.15) is 11.6 Å². The van der Waals surface area contributed by atoms with Gasteiger partial charge in [-0.2, -0.15) is 0 Å². The molecule has 0 N–H and O–H groups in total. The molecule has 2 heterocycles. The Morgan fingerprint density at radius 3 is 2.67 bits per heavy atom. The number of nitrogens with zero attached hydrogens (tertiary/aromatic N) is 3. The normalized spacial score (nSPS) is 17.6. The highest BCUT2D eigenvalue weighted by Crippen LogP contribution is 2.29. The first-order valence-electron chi connectivity index (χ1n) is 8.09. The number of aromatic nitrogens is 2. The van der Waals surface area contributed by atoms with Crippen LogP contribution >= 0.6 is 0 Å². The van der Waals surface area contributed by atoms with E-state index in [1.165, 1.54) is 12.1 Å². The summed E-state index contributed by atoms with van der Waals surface area (Å²) in [6.07, 6.45) is 0.893. The van der Waals surface area contributed by atoms with E-state index in [4.69, 9.17) is 4.98 Å². The van der Waals surface area contributed by atoms with E-state index in [2.05, 4.69) is 10.6 Å². The van der Waals surface area contributed by atoms with E-state index in [0.29, 0.717) is 18.7 Å². The van der Waals surface area contributed by atoms with Crippen LogP contribution in [0.5, 0.6) is 0 Å². The Morgan fingerprint density at radius 2 is 1.92 bits per heavy atom. The average Bonchev–Trinajstić information content (AvgIpc) is 3.20. The number of para-hydroxylation sites is 2. The van der Waals surface area contributed by atoms with Crippen LogP contribution in [0.25, 0.3) is 11.0 Å². The number of imidazole rings is 1. The molecule has 1 aromatic heterocycles. The van der Waals surface area contributed by atoms with Crippen LogP contribution in [0.4, 0.5) is 4.39 Å². The van der Waals surface area contributed by atoms with Crippen molar-refractivity contribution in [1.29, 1.82) is 0 Å². The van der Waals surface area contributed by atoms with Crippen LogP contribution in [0.2, 0.25) is 0 Å². The van der Waals surface area contributed by atoms with Crippen molar-refractivity contribution in [3.63, 3.8) is 0 Å². The van der Waals surface area contributed by atoms with Gasteiger partial charge in [-0.05, 0) is 42.8 Å². The molecule has 1 aliphatic heterocycles. The Labute approximate surface area is 139 Å². The maximum Gasteiger partial charge on any atom is 0.253 e. The molecule has 0 spiro atoms. The molecular weight excluding hydrogens is 305 g/mol. The largest absolute Gasteiger partial charge is 0.338 e. The van der Waals surface area contributed by atoms with Crippen LogP contribution in [0.1, 0.15) is 28.5 Å². The molecule has 5 heteroatoms. The maximum absolute atomic E-state index is 13.0. The highest BCUT2D eigenvalue weighted by molar-refractivity contribution is 5.94. The minimum atomic E-state index is -0.328. The molecule has 1 atom stereocenters. The van der Waals surface area contributed by atoms with Gasteiger partial charge >= 0.3 is 0 Å². The third-order valence-electron chi connectivity index (χ3n) is 4.75. The molecule has 1 amide bonds. The molecule has 2 aromatic carbocycles. The van der Waals surface area contributed by atoms with Crippen molar-refractivity contribution in [2.45, 2.75) is 12.3 Å². The first kappa shape index (κ1) is 14.9. The van der Waals surface area contributed by atoms with Gasteiger partial charge in [-0.15, -0.1) is 0 Å². The molecular formula is C19H18FN3O. The zero-order valence-corrected chi connectivity index (χ0v) is 13.4. The molecule has 0 unspecified atom stereocenters. The fraction of sp³-hybridized carbons (Fsp3) is 0.263. The maximum atomic E-state index is 13.0. The summed E-state index contributed by atoms with van der Waals surface area (Å²) in [7, 11) is 2.02. The number of rotatable bonds is 2. The number of halogens is 1. The van der Waals surface area contributed by atoms with Gasteiger partial charge in [0.15, 0.2) is 0 Å². The van der Waals surface area contributed by atoms with E-state index in [0.717, 1.165) is 23.3 Å². The van der Waals surface area contributed by atoms with Gasteiger partial charge in [-0.25, -0.2) is 9.37 Å². The molecule has 1 saturated heterocycles. The van der Waals surface area contributed by atoms with Crippen molar-refractivity contribution in [3.8, 4) is 0 Å². The lowest BCUT2D eigenvalue weighted by atomic mass is 10.1. The van der Waals surface area contributed by atoms with E-state index in [1.807, 2.05) is 30.1 Å². The number of likely N-dealkylation sites (tertiary alicyclic amines) is 1. The van der Waals surface area contributed by atoms with Gasteiger partial charge < -0.3 is 9.47 Å².